The zero-order valence-corrected chi connectivity index (χ0v) is 33.7. The Morgan fingerprint density at radius 1 is 0.325 bits per heavy atom. The van der Waals surface area contributed by atoms with Crippen molar-refractivity contribution < 1.29 is 0 Å². The van der Waals surface area contributed by atoms with Gasteiger partial charge in [-0.2, -0.15) is 0 Å². The topological polar surface area (TPSA) is 0 Å². The maximum absolute atomic E-state index is 3.63. The molecule has 0 aromatic rings. The lowest BCUT2D eigenvalue weighted by atomic mass is 10.1. The molecule has 4 aliphatic heterocycles. The third-order valence-corrected chi connectivity index (χ3v) is 21.6. The Labute approximate surface area is 292 Å². The van der Waals surface area contributed by atoms with Crippen LogP contribution >= 0.6 is 102 Å². The first-order chi connectivity index (χ1) is 19.5. The molecule has 0 amide bonds. The number of alkyl halides is 2. The van der Waals surface area contributed by atoms with Gasteiger partial charge in [0.15, 0.2) is 0 Å². The van der Waals surface area contributed by atoms with Gasteiger partial charge in [-0.15, -0.1) is 70.6 Å². The number of hydrogen-bond acceptors (Lipinski definition) is 6. The van der Waals surface area contributed by atoms with Crippen molar-refractivity contribution in [1.29, 1.82) is 0 Å². The average Bonchev–Trinajstić information content (AvgIpc) is 2.91. The summed E-state index contributed by atoms with van der Waals surface area (Å²) < 4.78 is 1.56. The highest BCUT2D eigenvalue weighted by molar-refractivity contribution is 9.09. The van der Waals surface area contributed by atoms with E-state index in [2.05, 4.69) is 116 Å². The Kier molecular flexibility index (Phi) is 19.1. The molecule has 0 nitrogen and oxygen atoms in total. The van der Waals surface area contributed by atoms with Gasteiger partial charge in [0.1, 0.15) is 13.6 Å². The standard InChI is InChI=1S/C32H58Br2S6/c1-3-5-7-11-17-23-29-35-30(24-18-12-8-6-4-2)38-31(36-29,25-19-13-9-15-21-27-33)40-32(37-29,39-30)26-20-14-10-16-22-28-34/h3-28H2,1-2H3. The molecule has 4 rings (SSSR count). The predicted octanol–water partition coefficient (Wildman–Crippen LogP) is 15.2. The highest BCUT2D eigenvalue weighted by atomic mass is 79.9. The van der Waals surface area contributed by atoms with Crippen LogP contribution in [0.1, 0.15) is 168 Å². The minimum Gasteiger partial charge on any atom is -0.104 e. The minimum absolute atomic E-state index is 0.389. The molecule has 40 heavy (non-hydrogen) atoms. The van der Waals surface area contributed by atoms with Crippen molar-refractivity contribution in [2.45, 2.75) is 182 Å². The molecule has 0 atom stereocenters. The van der Waals surface area contributed by atoms with Crippen molar-refractivity contribution in [2.24, 2.45) is 0 Å². The van der Waals surface area contributed by atoms with Gasteiger partial charge in [0, 0.05) is 10.7 Å². The molecule has 8 heteroatoms. The van der Waals surface area contributed by atoms with Crippen molar-refractivity contribution >= 4 is 102 Å². The molecule has 0 spiro atoms. The molecule has 0 unspecified atom stereocenters. The van der Waals surface area contributed by atoms with Crippen molar-refractivity contribution in [3.8, 4) is 0 Å². The van der Waals surface area contributed by atoms with Crippen LogP contribution in [0.5, 0.6) is 0 Å². The first-order valence-electron chi connectivity index (χ1n) is 16.8. The van der Waals surface area contributed by atoms with Crippen molar-refractivity contribution in [1.82, 2.24) is 0 Å². The van der Waals surface area contributed by atoms with Crippen LogP contribution in [-0.2, 0) is 0 Å². The predicted molar refractivity (Wildman–Crippen MR) is 206 cm³/mol. The molecule has 0 aliphatic carbocycles. The van der Waals surface area contributed by atoms with E-state index in [1.165, 1.54) is 165 Å². The zero-order chi connectivity index (χ0) is 28.6. The summed E-state index contributed by atoms with van der Waals surface area (Å²) in [5.41, 5.74) is 0. The van der Waals surface area contributed by atoms with Gasteiger partial charge in [-0.1, -0.05) is 161 Å². The summed E-state index contributed by atoms with van der Waals surface area (Å²) in [7, 11) is 0. The highest BCUT2D eigenvalue weighted by Gasteiger charge is 2.71. The Balaban J connectivity index is 1.74. The second kappa shape index (κ2) is 20.3. The lowest BCUT2D eigenvalue weighted by Crippen LogP contribution is -2.53. The molecule has 0 N–H and O–H groups in total. The molecule has 236 valence electrons. The van der Waals surface area contributed by atoms with E-state index in [9.17, 15) is 0 Å². The smallest absolute Gasteiger partial charge is 0.104 e. The maximum atomic E-state index is 3.63. The van der Waals surface area contributed by atoms with E-state index in [0.29, 0.717) is 13.6 Å². The van der Waals surface area contributed by atoms with E-state index < -0.39 is 0 Å². The number of thioether (sulfide) groups is 6. The molecular weight excluding hydrogens is 737 g/mol. The van der Waals surface area contributed by atoms with Gasteiger partial charge in [0.25, 0.3) is 0 Å². The molecule has 0 radical (unpaired) electrons. The minimum atomic E-state index is 0.389. The van der Waals surface area contributed by atoms with Crippen LogP contribution in [0.4, 0.5) is 0 Å². The fraction of sp³-hybridized carbons (Fsp3) is 1.00. The van der Waals surface area contributed by atoms with E-state index in [0.717, 1.165) is 0 Å². The van der Waals surface area contributed by atoms with Crippen molar-refractivity contribution in [3.05, 3.63) is 0 Å². The monoisotopic (exact) mass is 792 g/mol. The van der Waals surface area contributed by atoms with Gasteiger partial charge in [0.05, 0.1) is 0 Å². The van der Waals surface area contributed by atoms with Crippen molar-refractivity contribution in [2.75, 3.05) is 10.7 Å². The third-order valence-electron chi connectivity index (χ3n) is 8.27. The van der Waals surface area contributed by atoms with Gasteiger partial charge < -0.3 is 0 Å². The molecule has 4 aliphatic rings. The van der Waals surface area contributed by atoms with Crippen LogP contribution < -0.4 is 0 Å². The normalized spacial score (nSPS) is 30.9. The van der Waals surface area contributed by atoms with Gasteiger partial charge >= 0.3 is 0 Å². The van der Waals surface area contributed by atoms with Crippen LogP contribution in [0.3, 0.4) is 0 Å². The number of rotatable bonds is 26. The molecule has 0 aromatic heterocycles. The first kappa shape index (κ1) is 37.5. The third kappa shape index (κ3) is 12.3. The Morgan fingerprint density at radius 2 is 0.550 bits per heavy atom. The number of halogens is 2. The molecule has 4 bridgehead atoms. The van der Waals surface area contributed by atoms with E-state index in [1.807, 2.05) is 0 Å². The van der Waals surface area contributed by atoms with Gasteiger partial charge in [0.2, 0.25) is 0 Å². The maximum Gasteiger partial charge on any atom is 0.113 e. The van der Waals surface area contributed by atoms with Crippen LogP contribution in [-0.4, -0.2) is 24.3 Å². The van der Waals surface area contributed by atoms with Gasteiger partial charge in [-0.3, -0.25) is 0 Å². The molecule has 4 heterocycles. The highest BCUT2D eigenvalue weighted by Crippen LogP contribution is 2.91. The second-order valence-electron chi connectivity index (χ2n) is 12.1. The lowest BCUT2D eigenvalue weighted by Gasteiger charge is -2.67. The molecule has 0 saturated carbocycles. The quantitative estimate of drug-likeness (QED) is 0.0627. The molecule has 0 aromatic carbocycles. The van der Waals surface area contributed by atoms with E-state index in [1.54, 1.807) is 0 Å². The summed E-state index contributed by atoms with van der Waals surface area (Å²) in [5, 5.41) is 2.34. The Hall–Kier alpha value is 3.06. The number of hydrogen-bond donors (Lipinski definition) is 0. The molecule has 4 fully saturated rings. The van der Waals surface area contributed by atoms with Crippen LogP contribution in [0.2, 0.25) is 0 Å². The SMILES string of the molecule is CCCCCCCC12SC3(CCCCCCC)SC(CCCCCCCBr)(S1)SC(CCCCCCCBr)(S2)S3. The van der Waals surface area contributed by atoms with E-state index >= 15 is 0 Å². The zero-order valence-electron chi connectivity index (χ0n) is 25.6. The summed E-state index contributed by atoms with van der Waals surface area (Å²) in [6, 6.07) is 0. The summed E-state index contributed by atoms with van der Waals surface area (Å²) in [6.07, 6.45) is 33.9. The fourth-order valence-corrected chi connectivity index (χ4v) is 28.7. The lowest BCUT2D eigenvalue weighted by molar-refractivity contribution is 0.595. The summed E-state index contributed by atoms with van der Waals surface area (Å²) >= 11 is 22.0. The van der Waals surface area contributed by atoms with Crippen LogP contribution in [0, 0.1) is 0 Å². The summed E-state index contributed by atoms with van der Waals surface area (Å²) in [4.78, 5) is 0. The Bertz CT molecular complexity index is 612. The first-order valence-corrected chi connectivity index (χ1v) is 24.0. The van der Waals surface area contributed by atoms with Gasteiger partial charge in [-0.25, -0.2) is 0 Å². The second-order valence-corrected chi connectivity index (χ2v) is 26.4. The van der Waals surface area contributed by atoms with Crippen molar-refractivity contribution in [3.63, 3.8) is 0 Å². The van der Waals surface area contributed by atoms with Crippen LogP contribution in [0.25, 0.3) is 0 Å². The summed E-state index contributed by atoms with van der Waals surface area (Å²) in [5.74, 6) is 0. The van der Waals surface area contributed by atoms with E-state index in [4.69, 9.17) is 0 Å². The Morgan fingerprint density at radius 3 is 0.800 bits per heavy atom. The number of unbranched alkanes of at least 4 members (excludes halogenated alkanes) is 16. The molecule has 4 saturated heterocycles. The fourth-order valence-electron chi connectivity index (χ4n) is 6.11. The average molecular weight is 795 g/mol. The van der Waals surface area contributed by atoms with Gasteiger partial charge in [-0.05, 0) is 38.5 Å². The molecular formula is C32H58Br2S6. The van der Waals surface area contributed by atoms with Crippen LogP contribution in [0.15, 0.2) is 0 Å². The van der Waals surface area contributed by atoms with E-state index in [-0.39, 0.29) is 0 Å². The summed E-state index contributed by atoms with van der Waals surface area (Å²) in [6.45, 7) is 4.70. The largest absolute Gasteiger partial charge is 0.113 e.